The Morgan fingerprint density at radius 1 is 1.02 bits per heavy atom. The standard InChI is InChI=1S/C32H32Cl2N2O5/c33-24-5-2-6-25(34)26(24)27-23(28(41-35-27)19-7-8-19)18-40-32-13-10-31(11-14-32,12-15-32)30(39)36-16-9-21-20(17-36)3-1-4-22(21)29(37)38/h1-6,19H,7-18H2,(H,37,38). The van der Waals surface area contributed by atoms with E-state index < -0.39 is 5.97 Å². The fourth-order valence-corrected chi connectivity index (χ4v) is 7.86. The molecule has 4 fully saturated rings. The van der Waals surface area contributed by atoms with E-state index in [1.807, 2.05) is 29.2 Å². The molecule has 5 aliphatic rings. The Kier molecular flexibility index (Phi) is 6.68. The highest BCUT2D eigenvalue weighted by atomic mass is 35.5. The minimum Gasteiger partial charge on any atom is -0.478 e. The molecule has 7 nitrogen and oxygen atoms in total. The third-order valence-electron chi connectivity index (χ3n) is 9.90. The number of ether oxygens (including phenoxy) is 1. The Bertz CT molecular complexity index is 1500. The summed E-state index contributed by atoms with van der Waals surface area (Å²) in [5.74, 6) is 0.536. The average molecular weight is 596 g/mol. The summed E-state index contributed by atoms with van der Waals surface area (Å²) < 4.78 is 12.6. The lowest BCUT2D eigenvalue weighted by molar-refractivity contribution is -0.171. The molecule has 1 N–H and O–H groups in total. The van der Waals surface area contributed by atoms with Gasteiger partial charge in [-0.05, 0) is 87.1 Å². The van der Waals surface area contributed by atoms with Crippen molar-refractivity contribution in [1.82, 2.24) is 10.1 Å². The Morgan fingerprint density at radius 3 is 2.37 bits per heavy atom. The molecule has 1 aromatic heterocycles. The molecule has 8 rings (SSSR count). The number of aromatic nitrogens is 1. The summed E-state index contributed by atoms with van der Waals surface area (Å²) in [5, 5.41) is 15.0. The van der Waals surface area contributed by atoms with E-state index in [1.54, 1.807) is 12.1 Å². The van der Waals surface area contributed by atoms with Crippen molar-refractivity contribution in [2.75, 3.05) is 6.54 Å². The Labute approximate surface area is 248 Å². The van der Waals surface area contributed by atoms with E-state index in [0.717, 1.165) is 73.8 Å². The van der Waals surface area contributed by atoms with Crippen molar-refractivity contribution < 1.29 is 24.0 Å². The van der Waals surface area contributed by atoms with Gasteiger partial charge in [0.1, 0.15) is 11.5 Å². The van der Waals surface area contributed by atoms with Crippen molar-refractivity contribution >= 4 is 35.1 Å². The van der Waals surface area contributed by atoms with E-state index in [2.05, 4.69) is 5.16 Å². The summed E-state index contributed by atoms with van der Waals surface area (Å²) in [4.78, 5) is 27.5. The number of carboxylic acid groups (broad SMARTS) is 1. The summed E-state index contributed by atoms with van der Waals surface area (Å²) in [6.07, 6.45) is 7.62. The zero-order valence-electron chi connectivity index (χ0n) is 22.8. The predicted molar refractivity (Wildman–Crippen MR) is 154 cm³/mol. The molecular formula is C32H32Cl2N2O5. The summed E-state index contributed by atoms with van der Waals surface area (Å²) in [6.45, 7) is 1.41. The van der Waals surface area contributed by atoms with Gasteiger partial charge in [0.25, 0.3) is 0 Å². The SMILES string of the molecule is O=C(O)c1cccc2c1CCN(C(=O)C13CCC(OCc4c(-c5c(Cl)cccc5Cl)noc4C4CC4)(CC1)CC3)C2. The third-order valence-corrected chi connectivity index (χ3v) is 10.5. The predicted octanol–water partition coefficient (Wildman–Crippen LogP) is 7.42. The van der Waals surface area contributed by atoms with Gasteiger partial charge in [-0.2, -0.15) is 0 Å². The Balaban J connectivity index is 1.06. The minimum absolute atomic E-state index is 0.211. The van der Waals surface area contributed by atoms with Gasteiger partial charge in [0.05, 0.1) is 27.8 Å². The molecule has 0 radical (unpaired) electrons. The largest absolute Gasteiger partial charge is 0.478 e. The molecule has 0 saturated heterocycles. The highest BCUT2D eigenvalue weighted by Gasteiger charge is 2.54. The lowest BCUT2D eigenvalue weighted by Crippen LogP contribution is -2.55. The average Bonchev–Trinajstić information content (AvgIpc) is 3.75. The van der Waals surface area contributed by atoms with Crippen LogP contribution in [-0.2, 0) is 29.1 Å². The molecule has 4 aliphatic carbocycles. The van der Waals surface area contributed by atoms with Crippen LogP contribution in [0.1, 0.15) is 90.1 Å². The van der Waals surface area contributed by atoms with Crippen LogP contribution in [0.15, 0.2) is 40.9 Å². The first-order valence-corrected chi connectivity index (χ1v) is 15.3. The van der Waals surface area contributed by atoms with Crippen LogP contribution in [-0.4, -0.2) is 39.2 Å². The number of rotatable bonds is 7. The summed E-state index contributed by atoms with van der Waals surface area (Å²) in [5.41, 5.74) is 3.79. The van der Waals surface area contributed by atoms with Gasteiger partial charge in [-0.3, -0.25) is 4.79 Å². The number of carboxylic acids is 1. The highest BCUT2D eigenvalue weighted by Crippen LogP contribution is 2.56. The van der Waals surface area contributed by atoms with Gasteiger partial charge < -0.3 is 19.3 Å². The molecule has 4 saturated carbocycles. The number of aromatic carboxylic acids is 1. The number of carbonyl (C=O) groups excluding carboxylic acids is 1. The molecule has 0 unspecified atom stereocenters. The second kappa shape index (κ2) is 10.1. The van der Waals surface area contributed by atoms with Crippen molar-refractivity contribution in [2.24, 2.45) is 5.41 Å². The number of carbonyl (C=O) groups is 2. The van der Waals surface area contributed by atoms with Gasteiger partial charge in [0.2, 0.25) is 5.91 Å². The van der Waals surface area contributed by atoms with Crippen molar-refractivity contribution in [2.45, 2.75) is 82.5 Å². The fourth-order valence-electron chi connectivity index (χ4n) is 7.28. The van der Waals surface area contributed by atoms with Gasteiger partial charge in [0, 0.05) is 35.5 Å². The van der Waals surface area contributed by atoms with Crippen LogP contribution >= 0.6 is 23.2 Å². The van der Waals surface area contributed by atoms with Crippen molar-refractivity contribution in [1.29, 1.82) is 0 Å². The van der Waals surface area contributed by atoms with Gasteiger partial charge in [-0.25, -0.2) is 4.79 Å². The van der Waals surface area contributed by atoms with Crippen LogP contribution in [0.3, 0.4) is 0 Å². The number of hydrogen-bond acceptors (Lipinski definition) is 5. The van der Waals surface area contributed by atoms with Gasteiger partial charge in [-0.1, -0.05) is 46.6 Å². The molecule has 1 aliphatic heterocycles. The molecule has 0 spiro atoms. The van der Waals surface area contributed by atoms with Crippen LogP contribution in [0.25, 0.3) is 11.3 Å². The summed E-state index contributed by atoms with van der Waals surface area (Å²) in [7, 11) is 0. The molecule has 3 aromatic rings. The number of benzene rings is 2. The molecule has 41 heavy (non-hydrogen) atoms. The molecule has 214 valence electrons. The quantitative estimate of drug-likeness (QED) is 0.306. The van der Waals surface area contributed by atoms with Crippen molar-refractivity contribution in [3.8, 4) is 11.3 Å². The van der Waals surface area contributed by atoms with Gasteiger partial charge in [0.15, 0.2) is 0 Å². The number of amides is 1. The molecular weight excluding hydrogens is 563 g/mol. The smallest absolute Gasteiger partial charge is 0.335 e. The molecule has 2 bridgehead atoms. The lowest BCUT2D eigenvalue weighted by Gasteiger charge is -2.53. The molecule has 2 heterocycles. The maximum atomic E-state index is 13.9. The van der Waals surface area contributed by atoms with E-state index in [9.17, 15) is 14.7 Å². The van der Waals surface area contributed by atoms with Crippen LogP contribution in [0.4, 0.5) is 0 Å². The van der Waals surface area contributed by atoms with Gasteiger partial charge >= 0.3 is 5.97 Å². The zero-order chi connectivity index (χ0) is 28.4. The van der Waals surface area contributed by atoms with Crippen molar-refractivity contribution in [3.05, 3.63) is 74.5 Å². The Hall–Kier alpha value is -2.87. The normalized spacial score (nSPS) is 25.3. The minimum atomic E-state index is -0.909. The summed E-state index contributed by atoms with van der Waals surface area (Å²) >= 11 is 13.1. The van der Waals surface area contributed by atoms with Crippen LogP contribution in [0.5, 0.6) is 0 Å². The monoisotopic (exact) mass is 594 g/mol. The highest BCUT2D eigenvalue weighted by molar-refractivity contribution is 6.39. The Morgan fingerprint density at radius 2 is 1.71 bits per heavy atom. The maximum Gasteiger partial charge on any atom is 0.335 e. The van der Waals surface area contributed by atoms with E-state index in [4.69, 9.17) is 32.5 Å². The number of nitrogens with zero attached hydrogens (tertiary/aromatic N) is 2. The van der Waals surface area contributed by atoms with Crippen molar-refractivity contribution in [3.63, 3.8) is 0 Å². The van der Waals surface area contributed by atoms with E-state index in [1.165, 1.54) is 0 Å². The topological polar surface area (TPSA) is 92.9 Å². The molecule has 2 aromatic carbocycles. The molecule has 9 heteroatoms. The number of hydrogen-bond donors (Lipinski definition) is 1. The second-order valence-corrected chi connectivity index (χ2v) is 13.0. The van der Waals surface area contributed by atoms with Crippen LogP contribution in [0, 0.1) is 5.41 Å². The first kappa shape index (κ1) is 27.0. The fraction of sp³-hybridized carbons (Fsp3) is 0.469. The first-order chi connectivity index (χ1) is 19.8. The number of fused-ring (bicyclic) bond motifs is 4. The summed E-state index contributed by atoms with van der Waals surface area (Å²) in [6, 6.07) is 10.8. The second-order valence-electron chi connectivity index (χ2n) is 12.2. The molecule has 1 amide bonds. The first-order valence-electron chi connectivity index (χ1n) is 14.5. The lowest BCUT2D eigenvalue weighted by atomic mass is 9.58. The van der Waals surface area contributed by atoms with E-state index in [0.29, 0.717) is 58.9 Å². The molecule has 0 atom stereocenters. The maximum absolute atomic E-state index is 13.9. The van der Waals surface area contributed by atoms with Crippen LogP contribution < -0.4 is 0 Å². The van der Waals surface area contributed by atoms with Crippen LogP contribution in [0.2, 0.25) is 10.0 Å². The third kappa shape index (κ3) is 4.66. The van der Waals surface area contributed by atoms with Gasteiger partial charge in [-0.15, -0.1) is 0 Å². The van der Waals surface area contributed by atoms with E-state index >= 15 is 0 Å². The van der Waals surface area contributed by atoms with E-state index in [-0.39, 0.29) is 16.9 Å². The number of halogens is 2. The zero-order valence-corrected chi connectivity index (χ0v) is 24.3.